The number of rotatable bonds is 3. The van der Waals surface area contributed by atoms with Gasteiger partial charge in [0.1, 0.15) is 11.4 Å². The molecule has 0 bridgehead atoms. The van der Waals surface area contributed by atoms with Gasteiger partial charge < -0.3 is 14.8 Å². The van der Waals surface area contributed by atoms with Gasteiger partial charge in [-0.15, -0.1) is 0 Å². The normalized spacial score (nSPS) is 11.0. The molecule has 0 saturated carbocycles. The standard InChI is InChI=1S/C19H15NO4/c1-12-11-17(23)24-19-14(12)8-9-15(21)18(19)20-16(22)10-7-13-5-3-2-4-6-13/h2-11,21H,1H3,(H,20,22)/b10-7+. The van der Waals surface area contributed by atoms with Crippen LogP contribution in [0.3, 0.4) is 0 Å². The number of fused-ring (bicyclic) bond motifs is 1. The average molecular weight is 321 g/mol. The van der Waals surface area contributed by atoms with Crippen LogP contribution < -0.4 is 10.9 Å². The van der Waals surface area contributed by atoms with Gasteiger partial charge in [0.25, 0.3) is 0 Å². The van der Waals surface area contributed by atoms with Gasteiger partial charge >= 0.3 is 5.63 Å². The second-order valence-electron chi connectivity index (χ2n) is 5.32. The number of carbonyl (C=O) groups excluding carboxylic acids is 1. The molecular weight excluding hydrogens is 306 g/mol. The lowest BCUT2D eigenvalue weighted by Gasteiger charge is -2.09. The number of anilines is 1. The van der Waals surface area contributed by atoms with Crippen molar-refractivity contribution in [2.75, 3.05) is 5.32 Å². The van der Waals surface area contributed by atoms with Crippen LogP contribution in [-0.4, -0.2) is 11.0 Å². The number of aryl methyl sites for hydroxylation is 1. The van der Waals surface area contributed by atoms with Gasteiger partial charge in [-0.25, -0.2) is 4.79 Å². The fourth-order valence-corrected chi connectivity index (χ4v) is 2.40. The molecule has 5 heteroatoms. The van der Waals surface area contributed by atoms with Crippen molar-refractivity contribution in [2.24, 2.45) is 0 Å². The van der Waals surface area contributed by atoms with E-state index in [4.69, 9.17) is 4.42 Å². The molecule has 0 radical (unpaired) electrons. The minimum absolute atomic E-state index is 0.0796. The van der Waals surface area contributed by atoms with E-state index in [1.807, 2.05) is 30.3 Å². The van der Waals surface area contributed by atoms with E-state index in [9.17, 15) is 14.7 Å². The lowest BCUT2D eigenvalue weighted by Crippen LogP contribution is -2.09. The summed E-state index contributed by atoms with van der Waals surface area (Å²) >= 11 is 0. The van der Waals surface area contributed by atoms with Crippen LogP contribution in [0.5, 0.6) is 5.75 Å². The van der Waals surface area contributed by atoms with E-state index < -0.39 is 11.5 Å². The SMILES string of the molecule is Cc1cc(=O)oc2c(NC(=O)/C=C/c3ccccc3)c(O)ccc12. The molecule has 0 aliphatic carbocycles. The van der Waals surface area contributed by atoms with Gasteiger partial charge in [0, 0.05) is 17.5 Å². The number of aromatic hydroxyl groups is 1. The third-order valence-corrected chi connectivity index (χ3v) is 3.57. The summed E-state index contributed by atoms with van der Waals surface area (Å²) in [5.41, 5.74) is 1.27. The molecule has 0 aliphatic rings. The zero-order valence-corrected chi connectivity index (χ0v) is 12.9. The van der Waals surface area contributed by atoms with Crippen LogP contribution in [0.2, 0.25) is 0 Å². The largest absolute Gasteiger partial charge is 0.506 e. The van der Waals surface area contributed by atoms with Crippen molar-refractivity contribution in [2.45, 2.75) is 6.92 Å². The molecule has 120 valence electrons. The summed E-state index contributed by atoms with van der Waals surface area (Å²) in [4.78, 5) is 23.7. The van der Waals surface area contributed by atoms with E-state index in [-0.39, 0.29) is 17.0 Å². The van der Waals surface area contributed by atoms with Crippen LogP contribution in [0, 0.1) is 6.92 Å². The Kier molecular flexibility index (Phi) is 4.16. The third kappa shape index (κ3) is 3.20. The molecule has 2 aromatic carbocycles. The van der Waals surface area contributed by atoms with E-state index in [2.05, 4.69) is 5.32 Å². The van der Waals surface area contributed by atoms with Gasteiger partial charge in [0.05, 0.1) is 0 Å². The van der Waals surface area contributed by atoms with Gasteiger partial charge in [-0.05, 0) is 36.3 Å². The minimum atomic E-state index is -0.541. The Bertz CT molecular complexity index is 987. The Morgan fingerprint density at radius 2 is 1.92 bits per heavy atom. The fraction of sp³-hybridized carbons (Fsp3) is 0.0526. The zero-order chi connectivity index (χ0) is 17.1. The van der Waals surface area contributed by atoms with Crippen molar-refractivity contribution in [3.8, 4) is 5.75 Å². The first-order valence-electron chi connectivity index (χ1n) is 7.35. The van der Waals surface area contributed by atoms with Gasteiger partial charge in [-0.1, -0.05) is 30.3 Å². The van der Waals surface area contributed by atoms with E-state index in [1.165, 1.54) is 18.2 Å². The minimum Gasteiger partial charge on any atom is -0.506 e. The molecule has 2 N–H and O–H groups in total. The summed E-state index contributed by atoms with van der Waals surface area (Å²) in [5.74, 6) is -0.608. The molecule has 0 spiro atoms. The molecule has 0 saturated heterocycles. The fourth-order valence-electron chi connectivity index (χ4n) is 2.40. The molecule has 0 fully saturated rings. The Morgan fingerprint density at radius 3 is 2.67 bits per heavy atom. The smallest absolute Gasteiger partial charge is 0.336 e. The molecule has 1 aromatic heterocycles. The molecule has 0 atom stereocenters. The van der Waals surface area contributed by atoms with Crippen molar-refractivity contribution < 1.29 is 14.3 Å². The third-order valence-electron chi connectivity index (χ3n) is 3.57. The molecule has 0 unspecified atom stereocenters. The lowest BCUT2D eigenvalue weighted by atomic mass is 10.1. The van der Waals surface area contributed by atoms with Gasteiger partial charge in [0.15, 0.2) is 5.58 Å². The molecule has 5 nitrogen and oxygen atoms in total. The first-order chi connectivity index (χ1) is 11.5. The summed E-state index contributed by atoms with van der Waals surface area (Å²) in [6.45, 7) is 1.76. The highest BCUT2D eigenvalue weighted by Gasteiger charge is 2.13. The van der Waals surface area contributed by atoms with Crippen molar-refractivity contribution in [1.29, 1.82) is 0 Å². The first kappa shape index (κ1) is 15.6. The van der Waals surface area contributed by atoms with Crippen LogP contribution in [0.4, 0.5) is 5.69 Å². The van der Waals surface area contributed by atoms with Crippen molar-refractivity contribution >= 4 is 28.6 Å². The number of phenols is 1. The number of hydrogen-bond donors (Lipinski definition) is 2. The molecule has 3 rings (SSSR count). The van der Waals surface area contributed by atoms with Crippen LogP contribution in [-0.2, 0) is 4.79 Å². The maximum atomic E-state index is 12.1. The number of amides is 1. The number of hydrogen-bond acceptors (Lipinski definition) is 4. The topological polar surface area (TPSA) is 79.5 Å². The summed E-state index contributed by atoms with van der Waals surface area (Å²) in [7, 11) is 0. The Hall–Kier alpha value is -3.34. The highest BCUT2D eigenvalue weighted by atomic mass is 16.4. The van der Waals surface area contributed by atoms with Crippen molar-refractivity contribution in [3.05, 3.63) is 76.2 Å². The highest BCUT2D eigenvalue weighted by molar-refractivity contribution is 6.08. The first-order valence-corrected chi connectivity index (χ1v) is 7.35. The van der Waals surface area contributed by atoms with E-state index >= 15 is 0 Å². The molecule has 1 amide bonds. The molecule has 1 heterocycles. The average Bonchev–Trinajstić information content (AvgIpc) is 2.56. The van der Waals surface area contributed by atoms with Crippen molar-refractivity contribution in [3.63, 3.8) is 0 Å². The molecular formula is C19H15NO4. The number of carbonyl (C=O) groups is 1. The predicted molar refractivity (Wildman–Crippen MR) is 93.0 cm³/mol. The summed E-state index contributed by atoms with van der Waals surface area (Å²) in [6, 6.07) is 13.8. The van der Waals surface area contributed by atoms with Gasteiger partial charge in [-0.3, -0.25) is 4.79 Å². The summed E-state index contributed by atoms with van der Waals surface area (Å²) in [6.07, 6.45) is 3.00. The summed E-state index contributed by atoms with van der Waals surface area (Å²) in [5, 5.41) is 13.2. The Morgan fingerprint density at radius 1 is 1.17 bits per heavy atom. The van der Waals surface area contributed by atoms with E-state index in [0.29, 0.717) is 10.9 Å². The number of phenolic OH excluding ortho intramolecular Hbond substituents is 1. The predicted octanol–water partition coefficient (Wildman–Crippen LogP) is 3.46. The van der Waals surface area contributed by atoms with Crippen LogP contribution in [0.1, 0.15) is 11.1 Å². The number of nitrogens with one attached hydrogen (secondary N) is 1. The lowest BCUT2D eigenvalue weighted by molar-refractivity contribution is -0.111. The monoisotopic (exact) mass is 321 g/mol. The van der Waals surface area contributed by atoms with E-state index in [1.54, 1.807) is 19.1 Å². The maximum absolute atomic E-state index is 12.1. The number of benzene rings is 2. The summed E-state index contributed by atoms with van der Waals surface area (Å²) < 4.78 is 5.16. The van der Waals surface area contributed by atoms with Crippen LogP contribution in [0.25, 0.3) is 17.0 Å². The van der Waals surface area contributed by atoms with Gasteiger partial charge in [-0.2, -0.15) is 0 Å². The van der Waals surface area contributed by atoms with Crippen LogP contribution >= 0.6 is 0 Å². The molecule has 24 heavy (non-hydrogen) atoms. The quantitative estimate of drug-likeness (QED) is 0.440. The molecule has 3 aromatic rings. The van der Waals surface area contributed by atoms with Crippen molar-refractivity contribution in [1.82, 2.24) is 0 Å². The molecule has 0 aliphatic heterocycles. The maximum Gasteiger partial charge on any atom is 0.336 e. The second-order valence-corrected chi connectivity index (χ2v) is 5.32. The Labute approximate surface area is 137 Å². The highest BCUT2D eigenvalue weighted by Crippen LogP contribution is 2.32. The Balaban J connectivity index is 1.95. The second kappa shape index (κ2) is 6.42. The van der Waals surface area contributed by atoms with E-state index in [0.717, 1.165) is 5.56 Å². The zero-order valence-electron chi connectivity index (χ0n) is 12.9. The van der Waals surface area contributed by atoms with Gasteiger partial charge in [0.2, 0.25) is 5.91 Å². The van der Waals surface area contributed by atoms with Crippen LogP contribution in [0.15, 0.2) is 63.8 Å².